The van der Waals surface area contributed by atoms with Gasteiger partial charge in [0.25, 0.3) is 0 Å². The largest absolute Gasteiger partial charge is 0.370 e. The fourth-order valence-corrected chi connectivity index (χ4v) is 2.58. The molecule has 0 radical (unpaired) electrons. The van der Waals surface area contributed by atoms with E-state index in [0.29, 0.717) is 0 Å². The van der Waals surface area contributed by atoms with Gasteiger partial charge in [0.05, 0.1) is 6.20 Å². The maximum atomic E-state index is 6.05. The van der Waals surface area contributed by atoms with Crippen LogP contribution in [0.3, 0.4) is 0 Å². The van der Waals surface area contributed by atoms with Gasteiger partial charge in [-0.2, -0.15) is 5.10 Å². The van der Waals surface area contributed by atoms with E-state index in [1.165, 1.54) is 18.4 Å². The highest BCUT2D eigenvalue weighted by Gasteiger charge is 2.17. The van der Waals surface area contributed by atoms with E-state index in [9.17, 15) is 0 Å². The number of hydrogen-bond acceptors (Lipinski definition) is 2. The summed E-state index contributed by atoms with van der Waals surface area (Å²) in [7, 11) is 1.94. The van der Waals surface area contributed by atoms with Crippen LogP contribution in [0.25, 0.3) is 0 Å². The molecule has 1 aromatic rings. The van der Waals surface area contributed by atoms with Crippen LogP contribution in [-0.2, 0) is 13.5 Å². The van der Waals surface area contributed by atoms with Crippen LogP contribution in [-0.4, -0.2) is 40.3 Å². The molecule has 1 aliphatic rings. The molecule has 0 aromatic carbocycles. The van der Waals surface area contributed by atoms with E-state index < -0.39 is 0 Å². The van der Waals surface area contributed by atoms with Crippen molar-refractivity contribution < 1.29 is 0 Å². The highest BCUT2D eigenvalue weighted by Crippen LogP contribution is 2.14. The Kier molecular flexibility index (Phi) is 7.32. The Hall–Kier alpha value is -0.790. The second-order valence-electron chi connectivity index (χ2n) is 5.56. The summed E-state index contributed by atoms with van der Waals surface area (Å²) in [5.74, 6) is 1.45. The lowest BCUT2D eigenvalue weighted by Crippen LogP contribution is -2.43. The molecule has 1 aromatic heterocycles. The van der Waals surface area contributed by atoms with Gasteiger partial charge in [0.2, 0.25) is 0 Å². The molecule has 2 N–H and O–H groups in total. The standard InChI is InChI=1S/C14H25N5.HI/c1-12-5-4-8-19(10-12)14(15)16-7-3-6-13-9-17-18(2)11-13;/h9,11-12H,3-8,10H2,1-2H3,(H2,15,16);1H. The molecule has 2 heterocycles. The monoisotopic (exact) mass is 391 g/mol. The van der Waals surface area contributed by atoms with Crippen LogP contribution >= 0.6 is 24.0 Å². The number of aryl methyl sites for hydroxylation is 2. The van der Waals surface area contributed by atoms with Crippen LogP contribution in [0.5, 0.6) is 0 Å². The molecule has 5 nitrogen and oxygen atoms in total. The summed E-state index contributed by atoms with van der Waals surface area (Å²) >= 11 is 0. The first-order valence-electron chi connectivity index (χ1n) is 7.17. The molecule has 0 bridgehead atoms. The molecule has 20 heavy (non-hydrogen) atoms. The lowest BCUT2D eigenvalue weighted by atomic mass is 10.0. The van der Waals surface area contributed by atoms with E-state index in [1.807, 2.05) is 17.9 Å². The van der Waals surface area contributed by atoms with E-state index in [1.54, 1.807) is 0 Å². The number of guanidine groups is 1. The normalized spacial score (nSPS) is 19.8. The van der Waals surface area contributed by atoms with Crippen LogP contribution in [0.4, 0.5) is 0 Å². The van der Waals surface area contributed by atoms with Crippen molar-refractivity contribution in [3.8, 4) is 0 Å². The molecular formula is C14H26IN5. The average Bonchev–Trinajstić information content (AvgIpc) is 2.80. The predicted molar refractivity (Wildman–Crippen MR) is 93.4 cm³/mol. The summed E-state index contributed by atoms with van der Waals surface area (Å²) < 4.78 is 1.84. The number of nitrogens with zero attached hydrogens (tertiary/aromatic N) is 4. The molecule has 1 unspecified atom stereocenters. The maximum Gasteiger partial charge on any atom is 0.191 e. The highest BCUT2D eigenvalue weighted by atomic mass is 127. The predicted octanol–water partition coefficient (Wildman–Crippen LogP) is 2.02. The first-order chi connectivity index (χ1) is 9.15. The first-order valence-corrected chi connectivity index (χ1v) is 7.17. The van der Waals surface area contributed by atoms with Crippen LogP contribution in [0.2, 0.25) is 0 Å². The summed E-state index contributed by atoms with van der Waals surface area (Å²) in [5, 5.41) is 4.16. The molecule has 2 rings (SSSR count). The molecule has 0 amide bonds. The number of hydrogen-bond donors (Lipinski definition) is 1. The van der Waals surface area contributed by atoms with Gasteiger partial charge >= 0.3 is 0 Å². The van der Waals surface area contributed by atoms with E-state index >= 15 is 0 Å². The Labute approximate surface area is 138 Å². The Balaban J connectivity index is 0.00000200. The molecule has 114 valence electrons. The van der Waals surface area contributed by atoms with Crippen LogP contribution in [0.15, 0.2) is 17.4 Å². The lowest BCUT2D eigenvalue weighted by Gasteiger charge is -2.31. The minimum atomic E-state index is 0. The second-order valence-corrected chi connectivity index (χ2v) is 5.56. The number of aliphatic imine (C=N–C) groups is 1. The van der Waals surface area contributed by atoms with Gasteiger partial charge in [-0.15, -0.1) is 24.0 Å². The fourth-order valence-electron chi connectivity index (χ4n) is 2.58. The van der Waals surface area contributed by atoms with E-state index in [-0.39, 0.29) is 24.0 Å². The van der Waals surface area contributed by atoms with Crippen LogP contribution in [0, 0.1) is 5.92 Å². The van der Waals surface area contributed by atoms with Crippen molar-refractivity contribution in [2.24, 2.45) is 23.7 Å². The van der Waals surface area contributed by atoms with Crippen molar-refractivity contribution in [3.05, 3.63) is 18.0 Å². The molecule has 0 aliphatic carbocycles. The number of halogens is 1. The molecule has 0 saturated carbocycles. The zero-order valence-corrected chi connectivity index (χ0v) is 14.8. The third kappa shape index (κ3) is 5.30. The number of aromatic nitrogens is 2. The van der Waals surface area contributed by atoms with Crippen molar-refractivity contribution in [1.82, 2.24) is 14.7 Å². The highest BCUT2D eigenvalue weighted by molar-refractivity contribution is 14.0. The van der Waals surface area contributed by atoms with Gasteiger partial charge in [-0.25, -0.2) is 0 Å². The van der Waals surface area contributed by atoms with Crippen LogP contribution < -0.4 is 5.73 Å². The number of likely N-dealkylation sites (tertiary alicyclic amines) is 1. The van der Waals surface area contributed by atoms with Gasteiger partial charge in [-0.3, -0.25) is 9.67 Å². The molecule has 1 fully saturated rings. The number of nitrogens with two attached hydrogens (primary N) is 1. The van der Waals surface area contributed by atoms with E-state index in [4.69, 9.17) is 5.73 Å². The average molecular weight is 391 g/mol. The summed E-state index contributed by atoms with van der Waals surface area (Å²) in [6.07, 6.45) is 8.55. The molecule has 1 saturated heterocycles. The van der Waals surface area contributed by atoms with Crippen molar-refractivity contribution >= 4 is 29.9 Å². The van der Waals surface area contributed by atoms with Gasteiger partial charge in [-0.1, -0.05) is 6.92 Å². The molecule has 6 heteroatoms. The zero-order chi connectivity index (χ0) is 13.7. The summed E-state index contributed by atoms with van der Waals surface area (Å²) in [4.78, 5) is 6.72. The molecule has 1 aliphatic heterocycles. The Morgan fingerprint density at radius 3 is 3.00 bits per heavy atom. The smallest absolute Gasteiger partial charge is 0.191 e. The topological polar surface area (TPSA) is 59.4 Å². The fraction of sp³-hybridized carbons (Fsp3) is 0.714. The second kappa shape index (κ2) is 8.49. The number of piperidine rings is 1. The molecular weight excluding hydrogens is 365 g/mol. The minimum absolute atomic E-state index is 0. The van der Waals surface area contributed by atoms with Crippen molar-refractivity contribution in [2.75, 3.05) is 19.6 Å². The van der Waals surface area contributed by atoms with Gasteiger partial charge in [0.15, 0.2) is 5.96 Å². The number of rotatable bonds is 4. The third-order valence-corrected chi connectivity index (χ3v) is 3.64. The SMILES string of the molecule is CC1CCCN(C(N)=NCCCc2cnn(C)c2)C1.I. The summed E-state index contributed by atoms with van der Waals surface area (Å²) in [6.45, 7) is 5.19. The van der Waals surface area contributed by atoms with Gasteiger partial charge in [0.1, 0.15) is 0 Å². The first kappa shape index (κ1) is 17.3. The van der Waals surface area contributed by atoms with Gasteiger partial charge < -0.3 is 10.6 Å². The van der Waals surface area contributed by atoms with Crippen molar-refractivity contribution in [2.45, 2.75) is 32.6 Å². The Bertz CT molecular complexity index is 429. The Morgan fingerprint density at radius 1 is 1.55 bits per heavy atom. The van der Waals surface area contributed by atoms with Crippen molar-refractivity contribution in [1.29, 1.82) is 0 Å². The quantitative estimate of drug-likeness (QED) is 0.370. The van der Waals surface area contributed by atoms with Crippen molar-refractivity contribution in [3.63, 3.8) is 0 Å². The van der Waals surface area contributed by atoms with Gasteiger partial charge in [0, 0.05) is 32.9 Å². The minimum Gasteiger partial charge on any atom is -0.370 e. The lowest BCUT2D eigenvalue weighted by molar-refractivity contribution is 0.270. The Morgan fingerprint density at radius 2 is 2.35 bits per heavy atom. The molecule has 0 spiro atoms. The van der Waals surface area contributed by atoms with Crippen LogP contribution in [0.1, 0.15) is 31.7 Å². The summed E-state index contributed by atoms with van der Waals surface area (Å²) in [5.41, 5.74) is 7.32. The van der Waals surface area contributed by atoms with E-state index in [0.717, 1.165) is 44.4 Å². The third-order valence-electron chi connectivity index (χ3n) is 3.64. The maximum absolute atomic E-state index is 6.05. The summed E-state index contributed by atoms with van der Waals surface area (Å²) in [6, 6.07) is 0. The van der Waals surface area contributed by atoms with E-state index in [2.05, 4.69) is 28.1 Å². The molecule has 1 atom stereocenters. The zero-order valence-electron chi connectivity index (χ0n) is 12.5. The van der Waals surface area contributed by atoms with Gasteiger partial charge in [-0.05, 0) is 37.2 Å².